The fourth-order valence-corrected chi connectivity index (χ4v) is 0. The Balaban J connectivity index is -0.00000000500. The van der Waals surface area contributed by atoms with E-state index in [9.17, 15) is 0 Å². The first-order valence-corrected chi connectivity index (χ1v) is 0.463. The molecule has 0 bridgehead atoms. The van der Waals surface area contributed by atoms with Gasteiger partial charge in [0.25, 0.3) is 0 Å². The van der Waals surface area contributed by atoms with Crippen molar-refractivity contribution < 1.29 is 34.2 Å². The monoisotopic (exact) mass is 214 g/mol. The van der Waals surface area contributed by atoms with E-state index in [1.54, 1.807) is 0 Å². The molecule has 0 fully saturated rings. The summed E-state index contributed by atoms with van der Waals surface area (Å²) in [6.45, 7) is 0. The third kappa shape index (κ3) is 8.84. The summed E-state index contributed by atoms with van der Waals surface area (Å²) in [5, 5.41) is 0. The molecule has 0 saturated heterocycles. The molecule has 0 aliphatic heterocycles. The van der Waals surface area contributed by atoms with Crippen LogP contribution in [-0.2, 0) is 0 Å². The first-order chi connectivity index (χ1) is 1.00. The van der Waals surface area contributed by atoms with Crippen LogP contribution in [0.15, 0.2) is 0 Å². The number of halogens is 1. The molecule has 0 spiro atoms. The van der Waals surface area contributed by atoms with Gasteiger partial charge in [-0.05, 0) is 0 Å². The molecule has 0 aliphatic carbocycles. The van der Waals surface area contributed by atoms with Crippen LogP contribution in [0.25, 0.3) is 0 Å². The summed E-state index contributed by atoms with van der Waals surface area (Å²) in [6, 6.07) is 0. The second kappa shape index (κ2) is 17.0. The summed E-state index contributed by atoms with van der Waals surface area (Å²) >= 11 is 3.39. The molecule has 0 unspecified atom stereocenters. The molecule has 0 aromatic carbocycles. The topological polar surface area (TPSA) is 23.1 Å². The largest absolute Gasteiger partial charge is 1.00 e. The standard InChI is InChI=1S/Ba.ClO.Na.2H/c;1-2;;;/q;-1;+1;;. The van der Waals surface area contributed by atoms with Gasteiger partial charge in [-0.25, -0.2) is 11.9 Å². The molecule has 4 heavy (non-hydrogen) atoms. The van der Waals surface area contributed by atoms with Crippen LogP contribution in [0.3, 0.4) is 0 Å². The minimum Gasteiger partial charge on any atom is -0.769 e. The molecular weight excluding hydrogens is 212 g/mol. The third-order valence-electron chi connectivity index (χ3n) is 0. The van der Waals surface area contributed by atoms with Gasteiger partial charge in [0.1, 0.15) is 0 Å². The van der Waals surface area contributed by atoms with Gasteiger partial charge in [0, 0.05) is 0 Å². The van der Waals surface area contributed by atoms with Crippen molar-refractivity contribution in [3.63, 3.8) is 0 Å². The van der Waals surface area contributed by atoms with Crippen molar-refractivity contribution in [3.8, 4) is 0 Å². The van der Waals surface area contributed by atoms with Crippen LogP contribution in [0.5, 0.6) is 0 Å². The predicted octanol–water partition coefficient (Wildman–Crippen LogP) is -4.41. The van der Waals surface area contributed by atoms with Crippen LogP contribution >= 0.6 is 11.9 Å². The molecule has 1 nitrogen and oxygen atoms in total. The van der Waals surface area contributed by atoms with Crippen LogP contribution in [0.4, 0.5) is 0 Å². The average Bonchev–Trinajstić information content (AvgIpc) is 1.00. The van der Waals surface area contributed by atoms with E-state index < -0.39 is 0 Å². The minimum atomic E-state index is 0. The predicted molar refractivity (Wildman–Crippen MR) is 14.4 cm³/mol. The Bertz CT molecular complexity index is 8.00. The second-order valence-corrected chi connectivity index (χ2v) is 0. The van der Waals surface area contributed by atoms with Crippen LogP contribution in [0.2, 0.25) is 0 Å². The maximum atomic E-state index is 7.72. The Morgan fingerprint density at radius 3 is 1.25 bits per heavy atom. The van der Waals surface area contributed by atoms with Crippen LogP contribution < -0.4 is 34.2 Å². The summed E-state index contributed by atoms with van der Waals surface area (Å²) < 4.78 is 7.72. The molecule has 0 aromatic rings. The van der Waals surface area contributed by atoms with Crippen molar-refractivity contribution in [3.05, 3.63) is 0 Å². The van der Waals surface area contributed by atoms with Gasteiger partial charge in [-0.15, -0.1) is 0 Å². The summed E-state index contributed by atoms with van der Waals surface area (Å²) in [6.07, 6.45) is 0. The van der Waals surface area contributed by atoms with E-state index >= 15 is 0 Å². The molecule has 0 radical (unpaired) electrons. The van der Waals surface area contributed by atoms with Crippen LogP contribution in [-0.4, -0.2) is 48.9 Å². The molecule has 18 valence electrons. The molecule has 4 heteroatoms. The van der Waals surface area contributed by atoms with E-state index in [-0.39, 0.29) is 78.4 Å². The molecule has 0 heterocycles. The van der Waals surface area contributed by atoms with E-state index in [0.717, 1.165) is 0 Å². The third-order valence-corrected chi connectivity index (χ3v) is 0. The molecule has 0 rings (SSSR count). The van der Waals surface area contributed by atoms with Crippen LogP contribution in [0.1, 0.15) is 0 Å². The normalized spacial score (nSPS) is 1.50. The zero-order valence-electron chi connectivity index (χ0n) is 1.79. The molecule has 0 atom stereocenters. The average molecular weight is 214 g/mol. The van der Waals surface area contributed by atoms with Crippen molar-refractivity contribution >= 4 is 60.7 Å². The number of hydrogen-bond acceptors (Lipinski definition) is 1. The summed E-state index contributed by atoms with van der Waals surface area (Å²) in [5.74, 6) is 0. The second-order valence-electron chi connectivity index (χ2n) is 0. The maximum absolute atomic E-state index is 7.72. The first-order valence-electron chi connectivity index (χ1n) is 0.154. The smallest absolute Gasteiger partial charge is 0.769 e. The first kappa shape index (κ1) is 15.8. The Morgan fingerprint density at radius 1 is 1.25 bits per heavy atom. The van der Waals surface area contributed by atoms with E-state index in [2.05, 4.69) is 11.9 Å². The van der Waals surface area contributed by atoms with E-state index in [1.165, 1.54) is 0 Å². The van der Waals surface area contributed by atoms with E-state index in [4.69, 9.17) is 4.66 Å². The molecule has 0 aliphatic rings. The fraction of sp³-hybridized carbons (Fsp3) is 0. The molecular formula is H2BaClNaO. The Labute approximate surface area is 92.6 Å². The van der Waals surface area contributed by atoms with Gasteiger partial charge >= 0.3 is 78.4 Å². The maximum Gasteiger partial charge on any atom is 1.00 e. The Morgan fingerprint density at radius 2 is 1.25 bits per heavy atom. The van der Waals surface area contributed by atoms with Gasteiger partial charge in [0.05, 0.1) is 0 Å². The van der Waals surface area contributed by atoms with Crippen molar-refractivity contribution in [2.45, 2.75) is 0 Å². The SMILES string of the molecule is [BaH2].[Na+].[O-]Cl. The van der Waals surface area contributed by atoms with Crippen molar-refractivity contribution in [1.29, 1.82) is 0 Å². The quantitative estimate of drug-likeness (QED) is 0.373. The van der Waals surface area contributed by atoms with Gasteiger partial charge in [-0.3, -0.25) is 0 Å². The summed E-state index contributed by atoms with van der Waals surface area (Å²) in [7, 11) is 0. The van der Waals surface area contributed by atoms with Crippen LogP contribution in [0, 0.1) is 0 Å². The van der Waals surface area contributed by atoms with Gasteiger partial charge in [0.2, 0.25) is 0 Å². The Kier molecular flexibility index (Phi) is 67.3. The van der Waals surface area contributed by atoms with Crippen molar-refractivity contribution in [2.75, 3.05) is 0 Å². The van der Waals surface area contributed by atoms with Gasteiger partial charge < -0.3 is 4.66 Å². The van der Waals surface area contributed by atoms with Gasteiger partial charge in [-0.1, -0.05) is 0 Å². The van der Waals surface area contributed by atoms with E-state index in [0.29, 0.717) is 0 Å². The molecule has 0 aromatic heterocycles. The minimum absolute atomic E-state index is 0. The fourth-order valence-electron chi connectivity index (χ4n) is 0. The summed E-state index contributed by atoms with van der Waals surface area (Å²) in [5.41, 5.74) is 0. The van der Waals surface area contributed by atoms with Crippen molar-refractivity contribution in [2.24, 2.45) is 0 Å². The zero-order chi connectivity index (χ0) is 2.00. The molecule has 0 amide bonds. The van der Waals surface area contributed by atoms with E-state index in [1.807, 2.05) is 0 Å². The molecule has 0 saturated carbocycles. The number of rotatable bonds is 0. The number of hydrogen-bond donors (Lipinski definition) is 0. The molecule has 0 N–H and O–H groups in total. The van der Waals surface area contributed by atoms with Gasteiger partial charge in [0.15, 0.2) is 0 Å². The zero-order valence-corrected chi connectivity index (χ0v) is 4.54. The summed E-state index contributed by atoms with van der Waals surface area (Å²) in [4.78, 5) is 0. The Hall–Kier alpha value is 2.82. The van der Waals surface area contributed by atoms with Gasteiger partial charge in [-0.2, -0.15) is 0 Å². The van der Waals surface area contributed by atoms with Crippen molar-refractivity contribution in [1.82, 2.24) is 0 Å².